The van der Waals surface area contributed by atoms with E-state index in [0.717, 1.165) is 37.8 Å². The second-order valence-electron chi connectivity index (χ2n) is 5.94. The standard InChI is InChI=1S/C16H21F2NO2/c1-21-15(20)10-16(6-2-3-7-16)9-14(19)11-4-5-12(17)13(18)8-11/h4-5,8,14H,2-3,6-7,9-10,19H2,1H3. The van der Waals surface area contributed by atoms with Crippen LogP contribution in [0.5, 0.6) is 0 Å². The average Bonchev–Trinajstić information content (AvgIpc) is 2.89. The molecular formula is C16H21F2NO2. The Labute approximate surface area is 123 Å². The molecule has 1 aliphatic carbocycles. The van der Waals surface area contributed by atoms with Gasteiger partial charge in [0.1, 0.15) is 0 Å². The molecule has 1 aromatic rings. The van der Waals surface area contributed by atoms with E-state index in [0.29, 0.717) is 18.4 Å². The fourth-order valence-corrected chi connectivity index (χ4v) is 3.28. The van der Waals surface area contributed by atoms with Crippen LogP contribution in [0.4, 0.5) is 8.78 Å². The van der Waals surface area contributed by atoms with Gasteiger partial charge in [0.25, 0.3) is 0 Å². The topological polar surface area (TPSA) is 52.3 Å². The number of hydrogen-bond acceptors (Lipinski definition) is 3. The molecule has 0 spiro atoms. The molecule has 0 saturated heterocycles. The summed E-state index contributed by atoms with van der Waals surface area (Å²) in [5.41, 5.74) is 6.53. The number of halogens is 2. The molecule has 2 N–H and O–H groups in total. The Kier molecular flexibility index (Phi) is 4.93. The van der Waals surface area contributed by atoms with Gasteiger partial charge in [-0.1, -0.05) is 18.9 Å². The van der Waals surface area contributed by atoms with Gasteiger partial charge in [0.15, 0.2) is 11.6 Å². The Hall–Kier alpha value is -1.49. The summed E-state index contributed by atoms with van der Waals surface area (Å²) in [6.45, 7) is 0. The van der Waals surface area contributed by atoms with Crippen molar-refractivity contribution in [2.75, 3.05) is 7.11 Å². The maximum absolute atomic E-state index is 13.3. The zero-order valence-electron chi connectivity index (χ0n) is 12.2. The Morgan fingerprint density at radius 2 is 2.00 bits per heavy atom. The van der Waals surface area contributed by atoms with Crippen LogP contribution in [0.25, 0.3) is 0 Å². The summed E-state index contributed by atoms with van der Waals surface area (Å²) in [4.78, 5) is 11.6. The molecule has 116 valence electrons. The fraction of sp³-hybridized carbons (Fsp3) is 0.562. The zero-order valence-corrected chi connectivity index (χ0v) is 12.2. The van der Waals surface area contributed by atoms with Crippen molar-refractivity contribution >= 4 is 5.97 Å². The van der Waals surface area contributed by atoms with Gasteiger partial charge < -0.3 is 10.5 Å². The molecule has 1 fully saturated rings. The molecule has 2 rings (SSSR count). The predicted octanol–water partition coefficient (Wildman–Crippen LogP) is 3.48. The number of carbonyl (C=O) groups excluding carboxylic acids is 1. The van der Waals surface area contributed by atoms with Crippen molar-refractivity contribution in [1.29, 1.82) is 0 Å². The highest BCUT2D eigenvalue weighted by Crippen LogP contribution is 2.47. The molecule has 0 aromatic heterocycles. The summed E-state index contributed by atoms with van der Waals surface area (Å²) in [6, 6.07) is 3.32. The molecule has 0 aliphatic heterocycles. The SMILES string of the molecule is COC(=O)CC1(CC(N)c2ccc(F)c(F)c2)CCCC1. The van der Waals surface area contributed by atoms with Gasteiger partial charge in [-0.05, 0) is 42.4 Å². The first-order valence-electron chi connectivity index (χ1n) is 7.23. The van der Waals surface area contributed by atoms with Crippen molar-refractivity contribution in [2.24, 2.45) is 11.1 Å². The molecule has 1 atom stereocenters. The Morgan fingerprint density at radius 3 is 2.57 bits per heavy atom. The van der Waals surface area contributed by atoms with Crippen molar-refractivity contribution in [1.82, 2.24) is 0 Å². The molecule has 1 unspecified atom stereocenters. The smallest absolute Gasteiger partial charge is 0.306 e. The van der Waals surface area contributed by atoms with E-state index in [2.05, 4.69) is 0 Å². The summed E-state index contributed by atoms with van der Waals surface area (Å²) < 4.78 is 31.1. The lowest BCUT2D eigenvalue weighted by molar-refractivity contribution is -0.143. The second-order valence-corrected chi connectivity index (χ2v) is 5.94. The van der Waals surface area contributed by atoms with Crippen LogP contribution in [-0.4, -0.2) is 13.1 Å². The number of hydrogen-bond donors (Lipinski definition) is 1. The molecule has 3 nitrogen and oxygen atoms in total. The monoisotopic (exact) mass is 297 g/mol. The van der Waals surface area contributed by atoms with Gasteiger partial charge in [0.05, 0.1) is 13.5 Å². The van der Waals surface area contributed by atoms with Gasteiger partial charge in [-0.15, -0.1) is 0 Å². The summed E-state index contributed by atoms with van der Waals surface area (Å²) in [6.07, 6.45) is 4.86. The maximum atomic E-state index is 13.3. The third-order valence-electron chi connectivity index (χ3n) is 4.44. The number of rotatable bonds is 5. The van der Waals surface area contributed by atoms with E-state index in [1.165, 1.54) is 13.2 Å². The number of benzene rings is 1. The van der Waals surface area contributed by atoms with Gasteiger partial charge in [-0.25, -0.2) is 8.78 Å². The van der Waals surface area contributed by atoms with Gasteiger partial charge in [0.2, 0.25) is 0 Å². The zero-order chi connectivity index (χ0) is 15.5. The summed E-state index contributed by atoms with van der Waals surface area (Å²) in [5, 5.41) is 0. The van der Waals surface area contributed by atoms with Crippen LogP contribution in [-0.2, 0) is 9.53 Å². The van der Waals surface area contributed by atoms with Crippen LogP contribution in [0.1, 0.15) is 50.1 Å². The summed E-state index contributed by atoms with van der Waals surface area (Å²) in [5.74, 6) is -2.01. The quantitative estimate of drug-likeness (QED) is 0.847. The van der Waals surface area contributed by atoms with Crippen LogP contribution in [0.15, 0.2) is 18.2 Å². The first kappa shape index (κ1) is 15.9. The highest BCUT2D eigenvalue weighted by molar-refractivity contribution is 5.70. The van der Waals surface area contributed by atoms with Crippen LogP contribution in [0.3, 0.4) is 0 Å². The maximum Gasteiger partial charge on any atom is 0.306 e. The lowest BCUT2D eigenvalue weighted by atomic mass is 9.76. The van der Waals surface area contributed by atoms with Crippen molar-refractivity contribution in [3.05, 3.63) is 35.4 Å². The van der Waals surface area contributed by atoms with E-state index in [1.54, 1.807) is 0 Å². The molecule has 1 aliphatic rings. The van der Waals surface area contributed by atoms with Gasteiger partial charge >= 0.3 is 5.97 Å². The van der Waals surface area contributed by atoms with Crippen molar-refractivity contribution in [2.45, 2.75) is 44.6 Å². The average molecular weight is 297 g/mol. The Bertz CT molecular complexity index is 513. The van der Waals surface area contributed by atoms with E-state index in [9.17, 15) is 13.6 Å². The highest BCUT2D eigenvalue weighted by atomic mass is 19.2. The lowest BCUT2D eigenvalue weighted by Gasteiger charge is -2.31. The first-order chi connectivity index (χ1) is 9.96. The Balaban J connectivity index is 2.12. The van der Waals surface area contributed by atoms with Crippen LogP contribution < -0.4 is 5.73 Å². The largest absolute Gasteiger partial charge is 0.469 e. The van der Waals surface area contributed by atoms with Crippen LogP contribution >= 0.6 is 0 Å². The number of nitrogens with two attached hydrogens (primary N) is 1. The number of ether oxygens (including phenoxy) is 1. The fourth-order valence-electron chi connectivity index (χ4n) is 3.28. The molecule has 1 aromatic carbocycles. The molecule has 21 heavy (non-hydrogen) atoms. The summed E-state index contributed by atoms with van der Waals surface area (Å²) in [7, 11) is 1.38. The number of methoxy groups -OCH3 is 1. The normalized spacial score (nSPS) is 18.5. The molecule has 5 heteroatoms. The number of esters is 1. The highest BCUT2D eigenvalue weighted by Gasteiger charge is 2.38. The van der Waals surface area contributed by atoms with E-state index in [1.807, 2.05) is 0 Å². The molecule has 1 saturated carbocycles. The van der Waals surface area contributed by atoms with Gasteiger partial charge in [0, 0.05) is 6.04 Å². The molecule has 0 amide bonds. The second kappa shape index (κ2) is 6.52. The van der Waals surface area contributed by atoms with E-state index in [-0.39, 0.29) is 11.4 Å². The minimum absolute atomic E-state index is 0.183. The summed E-state index contributed by atoms with van der Waals surface area (Å²) >= 11 is 0. The van der Waals surface area contributed by atoms with Crippen LogP contribution in [0, 0.1) is 17.0 Å². The van der Waals surface area contributed by atoms with E-state index >= 15 is 0 Å². The van der Waals surface area contributed by atoms with Gasteiger partial charge in [-0.2, -0.15) is 0 Å². The molecular weight excluding hydrogens is 276 g/mol. The van der Waals surface area contributed by atoms with Crippen molar-refractivity contribution < 1.29 is 18.3 Å². The van der Waals surface area contributed by atoms with E-state index < -0.39 is 17.7 Å². The third kappa shape index (κ3) is 3.79. The lowest BCUT2D eigenvalue weighted by Crippen LogP contribution is -2.27. The molecule has 0 heterocycles. The number of carbonyl (C=O) groups is 1. The van der Waals surface area contributed by atoms with Crippen molar-refractivity contribution in [3.8, 4) is 0 Å². The van der Waals surface area contributed by atoms with Crippen LogP contribution in [0.2, 0.25) is 0 Å². The third-order valence-corrected chi connectivity index (χ3v) is 4.44. The van der Waals surface area contributed by atoms with Crippen molar-refractivity contribution in [3.63, 3.8) is 0 Å². The first-order valence-corrected chi connectivity index (χ1v) is 7.23. The predicted molar refractivity (Wildman–Crippen MR) is 75.4 cm³/mol. The van der Waals surface area contributed by atoms with E-state index in [4.69, 9.17) is 10.5 Å². The molecule has 0 radical (unpaired) electrons. The van der Waals surface area contributed by atoms with Gasteiger partial charge in [-0.3, -0.25) is 4.79 Å². The minimum Gasteiger partial charge on any atom is -0.469 e. The molecule has 0 bridgehead atoms. The minimum atomic E-state index is -0.892. The Morgan fingerprint density at radius 1 is 1.33 bits per heavy atom.